The van der Waals surface area contributed by atoms with Crippen molar-refractivity contribution in [2.24, 2.45) is 0 Å². The van der Waals surface area contributed by atoms with E-state index < -0.39 is 22.7 Å². The number of nitrogens with one attached hydrogen (secondary N) is 1. The Morgan fingerprint density at radius 1 is 1.00 bits per heavy atom. The molecule has 0 atom stereocenters. The van der Waals surface area contributed by atoms with Crippen LogP contribution in [0.15, 0.2) is 66.7 Å². The normalized spacial score (nSPS) is 14.2. The quantitative estimate of drug-likeness (QED) is 0.339. The van der Waals surface area contributed by atoms with Gasteiger partial charge in [0, 0.05) is 30.9 Å². The fraction of sp³-hybridized carbons (Fsp3) is 0.296. The number of alkyl halides is 3. The summed E-state index contributed by atoms with van der Waals surface area (Å²) in [7, 11) is 0. The number of non-ortho nitro benzene ring substituents is 1. The van der Waals surface area contributed by atoms with E-state index in [2.05, 4.69) is 10.3 Å². The minimum atomic E-state index is -4.57. The number of nitro groups is 1. The summed E-state index contributed by atoms with van der Waals surface area (Å²) < 4.78 is 38.5. The lowest BCUT2D eigenvalue weighted by molar-refractivity contribution is -0.384. The number of rotatable bonds is 7. The van der Waals surface area contributed by atoms with Crippen LogP contribution in [-0.4, -0.2) is 39.7 Å². The lowest BCUT2D eigenvalue weighted by atomic mass is 9.89. The first-order valence-electron chi connectivity index (χ1n) is 12.0. The van der Waals surface area contributed by atoms with Gasteiger partial charge in [0.2, 0.25) is 11.8 Å². The van der Waals surface area contributed by atoms with Gasteiger partial charge >= 0.3 is 6.18 Å². The molecule has 3 aromatic rings. The van der Waals surface area contributed by atoms with E-state index in [-0.39, 0.29) is 36.0 Å². The number of hydrogen-bond acceptors (Lipinski definition) is 5. The molecular weight excluding hydrogens is 501 g/mol. The molecule has 2 aromatic carbocycles. The molecule has 1 saturated heterocycles. The van der Waals surface area contributed by atoms with Crippen molar-refractivity contribution in [1.82, 2.24) is 9.88 Å². The van der Waals surface area contributed by atoms with Gasteiger partial charge in [-0.2, -0.15) is 13.2 Å². The van der Waals surface area contributed by atoms with Crippen LogP contribution in [0.3, 0.4) is 0 Å². The van der Waals surface area contributed by atoms with Crippen LogP contribution in [0.25, 0.3) is 0 Å². The summed E-state index contributed by atoms with van der Waals surface area (Å²) in [5.41, 5.74) is 1.14. The molecule has 0 radical (unpaired) electrons. The van der Waals surface area contributed by atoms with Crippen molar-refractivity contribution in [2.75, 3.05) is 18.4 Å². The molecule has 1 aromatic heterocycles. The second-order valence-corrected chi connectivity index (χ2v) is 9.12. The summed E-state index contributed by atoms with van der Waals surface area (Å²) >= 11 is 0. The zero-order valence-electron chi connectivity index (χ0n) is 20.3. The molecule has 38 heavy (non-hydrogen) atoms. The molecule has 0 spiro atoms. The Morgan fingerprint density at radius 2 is 1.68 bits per heavy atom. The van der Waals surface area contributed by atoms with E-state index in [1.54, 1.807) is 29.2 Å². The monoisotopic (exact) mass is 526 g/mol. The minimum Gasteiger partial charge on any atom is -0.342 e. The first kappa shape index (κ1) is 26.8. The Morgan fingerprint density at radius 3 is 2.34 bits per heavy atom. The van der Waals surface area contributed by atoms with Gasteiger partial charge in [-0.3, -0.25) is 19.7 Å². The summed E-state index contributed by atoms with van der Waals surface area (Å²) in [6.07, 6.45) is -3.23. The first-order chi connectivity index (χ1) is 18.1. The van der Waals surface area contributed by atoms with Crippen molar-refractivity contribution in [3.05, 3.63) is 99.4 Å². The van der Waals surface area contributed by atoms with Crippen molar-refractivity contribution in [3.63, 3.8) is 0 Å². The maximum absolute atomic E-state index is 12.8. The van der Waals surface area contributed by atoms with Gasteiger partial charge in [0.05, 0.1) is 23.5 Å². The van der Waals surface area contributed by atoms with Crippen molar-refractivity contribution in [3.8, 4) is 0 Å². The number of pyridine rings is 1. The number of anilines is 1. The highest BCUT2D eigenvalue weighted by Crippen LogP contribution is 2.30. The van der Waals surface area contributed by atoms with Crippen LogP contribution >= 0.6 is 0 Å². The summed E-state index contributed by atoms with van der Waals surface area (Å²) in [5, 5.41) is 13.6. The minimum absolute atomic E-state index is 0.0285. The molecule has 0 saturated carbocycles. The zero-order chi connectivity index (χ0) is 27.3. The molecule has 198 valence electrons. The summed E-state index contributed by atoms with van der Waals surface area (Å²) in [6, 6.07) is 16.8. The average molecular weight is 527 g/mol. The van der Waals surface area contributed by atoms with Crippen LogP contribution in [0, 0.1) is 10.1 Å². The van der Waals surface area contributed by atoms with E-state index in [0.29, 0.717) is 24.3 Å². The van der Waals surface area contributed by atoms with Crippen LogP contribution in [0.4, 0.5) is 24.5 Å². The zero-order valence-corrected chi connectivity index (χ0v) is 20.3. The number of nitro benzene ring substituents is 1. The number of aromatic nitrogens is 1. The molecule has 1 fully saturated rings. The average Bonchev–Trinajstić information content (AvgIpc) is 2.89. The third kappa shape index (κ3) is 6.93. The molecule has 0 aliphatic carbocycles. The van der Waals surface area contributed by atoms with Gasteiger partial charge in [-0.1, -0.05) is 30.3 Å². The van der Waals surface area contributed by atoms with Gasteiger partial charge in [0.15, 0.2) is 0 Å². The molecule has 2 amide bonds. The van der Waals surface area contributed by atoms with Gasteiger partial charge in [-0.05, 0) is 54.2 Å². The highest BCUT2D eigenvalue weighted by Gasteiger charge is 2.32. The van der Waals surface area contributed by atoms with Crippen LogP contribution in [0.5, 0.6) is 0 Å². The number of carbonyl (C=O) groups is 2. The summed E-state index contributed by atoms with van der Waals surface area (Å²) in [4.78, 5) is 40.8. The topological polar surface area (TPSA) is 105 Å². The second kappa shape index (κ2) is 11.4. The highest BCUT2D eigenvalue weighted by molar-refractivity contribution is 5.92. The third-order valence-corrected chi connectivity index (χ3v) is 6.43. The van der Waals surface area contributed by atoms with Gasteiger partial charge in [-0.25, -0.2) is 4.98 Å². The molecule has 2 heterocycles. The van der Waals surface area contributed by atoms with Crippen molar-refractivity contribution >= 4 is 23.2 Å². The lowest BCUT2D eigenvalue weighted by Gasteiger charge is -2.32. The smallest absolute Gasteiger partial charge is 0.342 e. The van der Waals surface area contributed by atoms with E-state index in [4.69, 9.17) is 0 Å². The number of halogens is 3. The summed E-state index contributed by atoms with van der Waals surface area (Å²) in [5.74, 6) is -0.312. The maximum atomic E-state index is 12.8. The number of hydrogen-bond donors (Lipinski definition) is 1. The number of benzene rings is 2. The van der Waals surface area contributed by atoms with Gasteiger partial charge in [0.25, 0.3) is 5.69 Å². The lowest BCUT2D eigenvalue weighted by Crippen LogP contribution is -2.38. The van der Waals surface area contributed by atoms with Gasteiger partial charge in [0.1, 0.15) is 5.69 Å². The second-order valence-electron chi connectivity index (χ2n) is 9.12. The Balaban J connectivity index is 1.27. The Bertz CT molecular complexity index is 1320. The fourth-order valence-electron chi connectivity index (χ4n) is 4.47. The van der Waals surface area contributed by atoms with Crippen LogP contribution in [0.1, 0.15) is 41.3 Å². The predicted octanol–water partition coefficient (Wildman–Crippen LogP) is 5.14. The van der Waals surface area contributed by atoms with E-state index in [9.17, 15) is 32.9 Å². The van der Waals surface area contributed by atoms with Gasteiger partial charge in [-0.15, -0.1) is 0 Å². The van der Waals surface area contributed by atoms with Crippen LogP contribution in [-0.2, 0) is 28.6 Å². The number of amides is 2. The molecule has 8 nitrogen and oxygen atoms in total. The number of piperidine rings is 1. The van der Waals surface area contributed by atoms with Crippen molar-refractivity contribution in [1.29, 1.82) is 0 Å². The molecule has 1 aliphatic heterocycles. The molecule has 1 aliphatic rings. The fourth-order valence-corrected chi connectivity index (χ4v) is 4.47. The Kier molecular flexibility index (Phi) is 8.04. The molecule has 4 rings (SSSR count). The Hall–Kier alpha value is -4.28. The molecule has 0 unspecified atom stereocenters. The highest BCUT2D eigenvalue weighted by atomic mass is 19.4. The number of nitrogens with zero attached hydrogens (tertiary/aromatic N) is 3. The molecule has 11 heteroatoms. The van der Waals surface area contributed by atoms with E-state index in [0.717, 1.165) is 24.5 Å². The Labute approximate surface area is 216 Å². The first-order valence-corrected chi connectivity index (χ1v) is 12.0. The third-order valence-electron chi connectivity index (χ3n) is 6.43. The van der Waals surface area contributed by atoms with E-state index in [1.165, 1.54) is 24.3 Å². The van der Waals surface area contributed by atoms with Crippen LogP contribution in [0.2, 0.25) is 0 Å². The van der Waals surface area contributed by atoms with Crippen molar-refractivity contribution in [2.45, 2.75) is 37.8 Å². The number of likely N-dealkylation sites (tertiary alicyclic amines) is 1. The maximum Gasteiger partial charge on any atom is 0.433 e. The van der Waals surface area contributed by atoms with Crippen LogP contribution < -0.4 is 5.32 Å². The SMILES string of the molecule is O=C(Cc1cccc(C(F)(F)F)n1)Nc1ccc(C2CCN(C(=O)Cc3cccc([N+](=O)[O-])c3)CC2)cc1. The van der Waals surface area contributed by atoms with Crippen molar-refractivity contribution < 1.29 is 27.7 Å². The molecule has 1 N–H and O–H groups in total. The molecule has 0 bridgehead atoms. The number of carbonyl (C=O) groups excluding carboxylic acids is 2. The predicted molar refractivity (Wildman–Crippen MR) is 133 cm³/mol. The van der Waals surface area contributed by atoms with E-state index >= 15 is 0 Å². The van der Waals surface area contributed by atoms with Gasteiger partial charge < -0.3 is 10.2 Å². The summed E-state index contributed by atoms with van der Waals surface area (Å²) in [6.45, 7) is 1.14. The standard InChI is InChI=1S/C27H25F3N4O4/c28-27(29,30)24-6-2-4-22(31-24)17-25(35)32-21-9-7-19(8-10-21)20-11-13-33(14-12-20)26(36)16-18-3-1-5-23(15-18)34(37)38/h1-10,15,20H,11-14,16-17H2,(H,32,35). The molecular formula is C27H25F3N4O4. The largest absolute Gasteiger partial charge is 0.433 e. The van der Waals surface area contributed by atoms with E-state index in [1.807, 2.05) is 12.1 Å².